The molecule has 2 aromatic heterocycles. The Labute approximate surface area is 207 Å². The molecule has 0 saturated carbocycles. The molecule has 0 aliphatic heterocycles. The standard InChI is InChI=1S/C27H27NO4S2/c1-4-31-24(27(29)30)14-19-5-11-22(12-6-19)32-15-26-17(2)13-25(34-26)21-9-7-20(8-10-21)23-16-33-18(3)28-23/h5-13,16,24H,4,14-15H2,1-3H3,(H,29,30)/t24-/m0/s1. The Balaban J connectivity index is 1.38. The van der Waals surface area contributed by atoms with E-state index in [1.54, 1.807) is 29.6 Å². The van der Waals surface area contributed by atoms with Crippen LogP contribution < -0.4 is 4.74 Å². The lowest BCUT2D eigenvalue weighted by Gasteiger charge is -2.13. The highest BCUT2D eigenvalue weighted by molar-refractivity contribution is 7.15. The first kappa shape index (κ1) is 24.1. The van der Waals surface area contributed by atoms with Gasteiger partial charge in [0.05, 0.1) is 10.7 Å². The van der Waals surface area contributed by atoms with Gasteiger partial charge >= 0.3 is 5.97 Å². The summed E-state index contributed by atoms with van der Waals surface area (Å²) in [6.45, 7) is 6.78. The van der Waals surface area contributed by atoms with Crippen molar-refractivity contribution >= 4 is 28.6 Å². The Bertz CT molecular complexity index is 1240. The van der Waals surface area contributed by atoms with E-state index in [2.05, 4.69) is 47.6 Å². The van der Waals surface area contributed by atoms with E-state index in [-0.39, 0.29) is 0 Å². The van der Waals surface area contributed by atoms with Gasteiger partial charge in [0.15, 0.2) is 6.10 Å². The molecule has 0 amide bonds. The maximum absolute atomic E-state index is 11.3. The highest BCUT2D eigenvalue weighted by Gasteiger charge is 2.18. The van der Waals surface area contributed by atoms with E-state index >= 15 is 0 Å². The summed E-state index contributed by atoms with van der Waals surface area (Å²) in [5.74, 6) is -0.191. The second-order valence-electron chi connectivity index (χ2n) is 7.96. The fraction of sp³-hybridized carbons (Fsp3) is 0.259. The fourth-order valence-corrected chi connectivity index (χ4v) is 5.32. The van der Waals surface area contributed by atoms with Gasteiger partial charge in [0.2, 0.25) is 0 Å². The molecule has 2 aromatic carbocycles. The summed E-state index contributed by atoms with van der Waals surface area (Å²) in [5, 5.41) is 12.4. The highest BCUT2D eigenvalue weighted by Crippen LogP contribution is 2.33. The van der Waals surface area contributed by atoms with Crippen LogP contribution in [-0.2, 0) is 22.6 Å². The molecule has 0 spiro atoms. The lowest BCUT2D eigenvalue weighted by molar-refractivity contribution is -0.149. The number of carbonyl (C=O) groups is 1. The van der Waals surface area contributed by atoms with Gasteiger partial charge in [-0.15, -0.1) is 22.7 Å². The summed E-state index contributed by atoms with van der Waals surface area (Å²) >= 11 is 3.40. The first-order chi connectivity index (χ1) is 16.4. The van der Waals surface area contributed by atoms with E-state index in [4.69, 9.17) is 9.47 Å². The monoisotopic (exact) mass is 493 g/mol. The first-order valence-electron chi connectivity index (χ1n) is 11.1. The van der Waals surface area contributed by atoms with Gasteiger partial charge in [-0.2, -0.15) is 0 Å². The third kappa shape index (κ3) is 5.91. The fourth-order valence-electron chi connectivity index (χ4n) is 3.61. The van der Waals surface area contributed by atoms with Crippen molar-refractivity contribution in [3.8, 4) is 27.4 Å². The smallest absolute Gasteiger partial charge is 0.333 e. The topological polar surface area (TPSA) is 68.7 Å². The van der Waals surface area contributed by atoms with Crippen LogP contribution in [0.1, 0.15) is 27.9 Å². The molecule has 34 heavy (non-hydrogen) atoms. The summed E-state index contributed by atoms with van der Waals surface area (Å²) in [6.07, 6.45) is -0.499. The number of carboxylic acids is 1. The Kier molecular flexibility index (Phi) is 7.77. The number of aliphatic carboxylic acids is 1. The van der Waals surface area contributed by atoms with E-state index < -0.39 is 12.1 Å². The van der Waals surface area contributed by atoms with Crippen molar-refractivity contribution < 1.29 is 19.4 Å². The summed E-state index contributed by atoms with van der Waals surface area (Å²) < 4.78 is 11.3. The molecular formula is C27H27NO4S2. The molecule has 5 nitrogen and oxygen atoms in total. The average Bonchev–Trinajstić information content (AvgIpc) is 3.43. The number of carboxylic acid groups (broad SMARTS) is 1. The van der Waals surface area contributed by atoms with E-state index in [1.165, 1.54) is 20.9 Å². The van der Waals surface area contributed by atoms with Crippen LogP contribution in [0.3, 0.4) is 0 Å². The zero-order valence-electron chi connectivity index (χ0n) is 19.4. The van der Waals surface area contributed by atoms with Gasteiger partial charge in [0, 0.05) is 33.7 Å². The number of thiazole rings is 1. The molecule has 0 radical (unpaired) electrons. The molecule has 0 aliphatic carbocycles. The van der Waals surface area contributed by atoms with Gasteiger partial charge in [0.25, 0.3) is 0 Å². The van der Waals surface area contributed by atoms with E-state index in [1.807, 2.05) is 31.2 Å². The molecule has 0 bridgehead atoms. The van der Waals surface area contributed by atoms with Gasteiger partial charge in [-0.1, -0.05) is 36.4 Å². The number of aryl methyl sites for hydroxylation is 2. The first-order valence-corrected chi connectivity index (χ1v) is 12.8. The second-order valence-corrected chi connectivity index (χ2v) is 10.2. The Morgan fingerprint density at radius 1 is 1.06 bits per heavy atom. The molecule has 0 saturated heterocycles. The molecule has 0 aliphatic rings. The maximum Gasteiger partial charge on any atom is 0.333 e. The summed E-state index contributed by atoms with van der Waals surface area (Å²) in [7, 11) is 0. The van der Waals surface area contributed by atoms with Crippen LogP contribution in [0.25, 0.3) is 21.7 Å². The summed E-state index contributed by atoms with van der Waals surface area (Å²) in [6, 6.07) is 18.3. The van der Waals surface area contributed by atoms with Crippen LogP contribution in [0.2, 0.25) is 0 Å². The normalized spacial score (nSPS) is 12.0. The molecule has 0 unspecified atom stereocenters. The maximum atomic E-state index is 11.3. The molecule has 176 valence electrons. The summed E-state index contributed by atoms with van der Waals surface area (Å²) in [4.78, 5) is 18.2. The van der Waals surface area contributed by atoms with Crippen LogP contribution in [0.15, 0.2) is 60.0 Å². The van der Waals surface area contributed by atoms with Crippen molar-refractivity contribution in [2.45, 2.75) is 39.9 Å². The van der Waals surface area contributed by atoms with Crippen LogP contribution in [-0.4, -0.2) is 28.8 Å². The molecule has 1 N–H and O–H groups in total. The van der Waals surface area contributed by atoms with E-state index in [0.717, 1.165) is 27.6 Å². The predicted octanol–water partition coefficient (Wildman–Crippen LogP) is 6.77. The van der Waals surface area contributed by atoms with Gasteiger partial charge in [-0.05, 0) is 55.7 Å². The number of nitrogens with zero attached hydrogens (tertiary/aromatic N) is 1. The SMILES string of the molecule is CCO[C@@H](Cc1ccc(OCc2sc(-c3ccc(-c4csc(C)n4)cc3)cc2C)cc1)C(=O)O. The third-order valence-electron chi connectivity index (χ3n) is 5.46. The zero-order chi connectivity index (χ0) is 24.1. The van der Waals surface area contributed by atoms with Crippen LogP contribution >= 0.6 is 22.7 Å². The van der Waals surface area contributed by atoms with Gasteiger partial charge in [-0.3, -0.25) is 0 Å². The van der Waals surface area contributed by atoms with Crippen LogP contribution in [0.4, 0.5) is 0 Å². The molecule has 4 rings (SSSR count). The number of thiophene rings is 1. The number of benzene rings is 2. The Hall–Kier alpha value is -3.00. The minimum Gasteiger partial charge on any atom is -0.488 e. The van der Waals surface area contributed by atoms with Crippen LogP contribution in [0.5, 0.6) is 5.75 Å². The number of rotatable bonds is 10. The lowest BCUT2D eigenvalue weighted by atomic mass is 10.1. The molecule has 4 aromatic rings. The van der Waals surface area contributed by atoms with Crippen molar-refractivity contribution in [1.29, 1.82) is 0 Å². The van der Waals surface area contributed by atoms with Gasteiger partial charge in [-0.25, -0.2) is 9.78 Å². The molecule has 2 heterocycles. The number of hydrogen-bond acceptors (Lipinski definition) is 6. The van der Waals surface area contributed by atoms with Crippen LogP contribution in [0, 0.1) is 13.8 Å². The lowest BCUT2D eigenvalue weighted by Crippen LogP contribution is -2.26. The highest BCUT2D eigenvalue weighted by atomic mass is 32.1. The molecule has 0 fully saturated rings. The zero-order valence-corrected chi connectivity index (χ0v) is 21.0. The van der Waals surface area contributed by atoms with Gasteiger partial charge < -0.3 is 14.6 Å². The summed E-state index contributed by atoms with van der Waals surface area (Å²) in [5.41, 5.74) is 5.44. The molecule has 7 heteroatoms. The largest absolute Gasteiger partial charge is 0.488 e. The number of aromatic nitrogens is 1. The third-order valence-corrected chi connectivity index (χ3v) is 7.50. The molecule has 1 atom stereocenters. The van der Waals surface area contributed by atoms with Crippen molar-refractivity contribution in [3.05, 3.63) is 81.0 Å². The number of ether oxygens (including phenoxy) is 2. The molecular weight excluding hydrogens is 466 g/mol. The van der Waals surface area contributed by atoms with Crippen molar-refractivity contribution in [1.82, 2.24) is 4.98 Å². The van der Waals surface area contributed by atoms with Crippen molar-refractivity contribution in [2.24, 2.45) is 0 Å². The Morgan fingerprint density at radius 3 is 2.38 bits per heavy atom. The van der Waals surface area contributed by atoms with Gasteiger partial charge in [0.1, 0.15) is 12.4 Å². The number of hydrogen-bond donors (Lipinski definition) is 1. The predicted molar refractivity (Wildman–Crippen MR) is 138 cm³/mol. The van der Waals surface area contributed by atoms with E-state index in [0.29, 0.717) is 19.6 Å². The minimum atomic E-state index is -0.945. The quantitative estimate of drug-likeness (QED) is 0.264. The average molecular weight is 494 g/mol. The second kappa shape index (κ2) is 11.0. The van der Waals surface area contributed by atoms with Crippen molar-refractivity contribution in [2.75, 3.05) is 6.61 Å². The van der Waals surface area contributed by atoms with Crippen molar-refractivity contribution in [3.63, 3.8) is 0 Å². The van der Waals surface area contributed by atoms with E-state index in [9.17, 15) is 9.90 Å². The minimum absolute atomic E-state index is 0.331. The Morgan fingerprint density at radius 2 is 1.76 bits per heavy atom.